The third-order valence-corrected chi connectivity index (χ3v) is 4.98. The van der Waals surface area contributed by atoms with Crippen molar-refractivity contribution in [3.8, 4) is 0 Å². The lowest BCUT2D eigenvalue weighted by Crippen LogP contribution is -2.34. The summed E-state index contributed by atoms with van der Waals surface area (Å²) < 4.78 is 0. The highest BCUT2D eigenvalue weighted by atomic mass is 16.6. The molecule has 9 heteroatoms. The Hall–Kier alpha value is -1.87. The van der Waals surface area contributed by atoms with Gasteiger partial charge in [0.25, 0.3) is 0 Å². The molecule has 4 atom stereocenters. The van der Waals surface area contributed by atoms with Gasteiger partial charge in [0, 0.05) is 29.1 Å². The molecular formula is C20H35N2O7. The Balaban J connectivity index is 4.46. The average Bonchev–Trinajstić information content (AvgIpc) is 2.66. The van der Waals surface area contributed by atoms with E-state index < -0.39 is 34.1 Å². The molecule has 0 aliphatic carbocycles. The summed E-state index contributed by atoms with van der Waals surface area (Å²) in [5.74, 6) is 0. The van der Waals surface area contributed by atoms with Gasteiger partial charge in [0.15, 0.2) is 6.29 Å². The number of hydrogen-bond acceptors (Lipinski definition) is 7. The van der Waals surface area contributed by atoms with Crippen LogP contribution in [0.5, 0.6) is 0 Å². The lowest BCUT2D eigenvalue weighted by Gasteiger charge is -2.15. The molecule has 0 fully saturated rings. The number of hydrogen-bond donors (Lipinski definition) is 2. The van der Waals surface area contributed by atoms with E-state index in [1.54, 1.807) is 6.29 Å². The van der Waals surface area contributed by atoms with Crippen LogP contribution in [0.1, 0.15) is 84.0 Å². The zero-order valence-corrected chi connectivity index (χ0v) is 17.3. The van der Waals surface area contributed by atoms with Gasteiger partial charge in [-0.3, -0.25) is 25.0 Å². The van der Waals surface area contributed by atoms with Crippen molar-refractivity contribution < 1.29 is 24.9 Å². The maximum Gasteiger partial charge on any atom is 0.241 e. The van der Waals surface area contributed by atoms with Crippen molar-refractivity contribution in [1.82, 2.24) is 0 Å². The Labute approximate surface area is 172 Å². The molecule has 167 valence electrons. The van der Waals surface area contributed by atoms with E-state index in [-0.39, 0.29) is 25.7 Å². The highest BCUT2D eigenvalue weighted by molar-refractivity contribution is 5.50. The molecule has 0 aromatic heterocycles. The van der Waals surface area contributed by atoms with Gasteiger partial charge in [0.05, 0.1) is 0 Å². The van der Waals surface area contributed by atoms with Crippen LogP contribution in [0.15, 0.2) is 12.2 Å². The van der Waals surface area contributed by atoms with Crippen molar-refractivity contribution in [3.63, 3.8) is 0 Å². The molecule has 4 unspecified atom stereocenters. The fourth-order valence-electron chi connectivity index (χ4n) is 3.14. The predicted molar refractivity (Wildman–Crippen MR) is 109 cm³/mol. The van der Waals surface area contributed by atoms with Gasteiger partial charge in [-0.1, -0.05) is 57.6 Å². The molecule has 0 rings (SSSR count). The SMILES string of the molecule is CCCCCCCCC(O)C(C/C=C\CC(C(O)CCC[C]=O)[N+](=O)[O-])[N+](=O)[O-]. The van der Waals surface area contributed by atoms with Crippen molar-refractivity contribution in [2.45, 2.75) is 108 Å². The highest BCUT2D eigenvalue weighted by Gasteiger charge is 2.29. The summed E-state index contributed by atoms with van der Waals surface area (Å²) in [6.07, 6.45) is 9.26. The first-order chi connectivity index (χ1) is 13.8. The van der Waals surface area contributed by atoms with E-state index in [1.165, 1.54) is 18.6 Å². The van der Waals surface area contributed by atoms with E-state index in [0.29, 0.717) is 12.8 Å². The molecule has 0 aliphatic heterocycles. The largest absolute Gasteiger partial charge is 0.386 e. The van der Waals surface area contributed by atoms with Gasteiger partial charge in [-0.2, -0.15) is 0 Å². The molecule has 29 heavy (non-hydrogen) atoms. The fraction of sp³-hybridized carbons (Fsp3) is 0.850. The molecule has 9 nitrogen and oxygen atoms in total. The van der Waals surface area contributed by atoms with Crippen LogP contribution in [0.2, 0.25) is 0 Å². The Morgan fingerprint density at radius 2 is 1.28 bits per heavy atom. The number of carbonyl (C=O) groups excluding carboxylic acids is 1. The molecule has 0 amide bonds. The van der Waals surface area contributed by atoms with E-state index in [9.17, 15) is 35.2 Å². The monoisotopic (exact) mass is 415 g/mol. The third kappa shape index (κ3) is 13.1. The summed E-state index contributed by atoms with van der Waals surface area (Å²) in [4.78, 5) is 31.4. The summed E-state index contributed by atoms with van der Waals surface area (Å²) in [6, 6.07) is -2.39. The smallest absolute Gasteiger partial charge is 0.241 e. The van der Waals surface area contributed by atoms with Crippen LogP contribution in [0.25, 0.3) is 0 Å². The molecule has 0 saturated carbocycles. The quantitative estimate of drug-likeness (QED) is 0.142. The third-order valence-electron chi connectivity index (χ3n) is 4.98. The highest BCUT2D eigenvalue weighted by Crippen LogP contribution is 2.16. The predicted octanol–water partition coefficient (Wildman–Crippen LogP) is 3.37. The number of nitrogens with zero attached hydrogens (tertiary/aromatic N) is 2. The zero-order chi connectivity index (χ0) is 22.1. The minimum absolute atomic E-state index is 0.0232. The Bertz CT molecular complexity index is 499. The summed E-state index contributed by atoms with van der Waals surface area (Å²) in [6.45, 7) is 2.13. The van der Waals surface area contributed by atoms with Crippen molar-refractivity contribution in [3.05, 3.63) is 32.4 Å². The van der Waals surface area contributed by atoms with E-state index in [0.717, 1.165) is 32.1 Å². The molecule has 0 aliphatic rings. The zero-order valence-electron chi connectivity index (χ0n) is 17.3. The van der Waals surface area contributed by atoms with Crippen LogP contribution >= 0.6 is 0 Å². The molecule has 0 bridgehead atoms. The van der Waals surface area contributed by atoms with Crippen LogP contribution in [-0.2, 0) is 4.79 Å². The lowest BCUT2D eigenvalue weighted by molar-refractivity contribution is -0.534. The number of aliphatic hydroxyl groups excluding tert-OH is 2. The normalized spacial score (nSPS) is 15.7. The Morgan fingerprint density at radius 1 is 0.828 bits per heavy atom. The summed E-state index contributed by atoms with van der Waals surface area (Å²) >= 11 is 0. The second kappa shape index (κ2) is 17.0. The summed E-state index contributed by atoms with van der Waals surface area (Å²) in [7, 11) is 0. The number of nitro groups is 2. The maximum atomic E-state index is 11.2. The van der Waals surface area contributed by atoms with Gasteiger partial charge in [0.1, 0.15) is 12.2 Å². The number of unbranched alkanes of at least 4 members (excludes halogenated alkanes) is 6. The Morgan fingerprint density at radius 3 is 1.72 bits per heavy atom. The topological polar surface area (TPSA) is 144 Å². The van der Waals surface area contributed by atoms with Gasteiger partial charge >= 0.3 is 0 Å². The first-order valence-electron chi connectivity index (χ1n) is 10.5. The second-order valence-electron chi connectivity index (χ2n) is 7.38. The van der Waals surface area contributed by atoms with Gasteiger partial charge in [0.2, 0.25) is 12.1 Å². The van der Waals surface area contributed by atoms with Gasteiger partial charge < -0.3 is 10.2 Å². The van der Waals surface area contributed by atoms with E-state index in [1.807, 2.05) is 0 Å². The molecule has 0 spiro atoms. The number of rotatable bonds is 19. The molecule has 1 radical (unpaired) electrons. The minimum Gasteiger partial charge on any atom is -0.386 e. The van der Waals surface area contributed by atoms with Crippen LogP contribution in [-0.4, -0.2) is 50.6 Å². The maximum absolute atomic E-state index is 11.2. The average molecular weight is 416 g/mol. The first-order valence-corrected chi connectivity index (χ1v) is 10.5. The van der Waals surface area contributed by atoms with Crippen molar-refractivity contribution in [2.24, 2.45) is 0 Å². The van der Waals surface area contributed by atoms with E-state index in [4.69, 9.17) is 0 Å². The van der Waals surface area contributed by atoms with E-state index in [2.05, 4.69) is 6.92 Å². The number of aliphatic hydroxyl groups is 2. The lowest BCUT2D eigenvalue weighted by atomic mass is 9.99. The van der Waals surface area contributed by atoms with Crippen molar-refractivity contribution in [2.75, 3.05) is 0 Å². The second-order valence-corrected chi connectivity index (χ2v) is 7.38. The molecule has 0 aromatic rings. The fourth-order valence-corrected chi connectivity index (χ4v) is 3.14. The van der Waals surface area contributed by atoms with Gasteiger partial charge in [-0.05, 0) is 19.3 Å². The van der Waals surface area contributed by atoms with Gasteiger partial charge in [-0.25, -0.2) is 0 Å². The molecule has 0 heterocycles. The summed E-state index contributed by atoms with van der Waals surface area (Å²) in [5.41, 5.74) is 0. The summed E-state index contributed by atoms with van der Waals surface area (Å²) in [5, 5.41) is 42.4. The first kappa shape index (κ1) is 27.1. The molecule has 0 saturated heterocycles. The van der Waals surface area contributed by atoms with Gasteiger partial charge in [-0.15, -0.1) is 0 Å². The van der Waals surface area contributed by atoms with Crippen LogP contribution < -0.4 is 0 Å². The van der Waals surface area contributed by atoms with Crippen molar-refractivity contribution >= 4 is 6.29 Å². The van der Waals surface area contributed by atoms with Crippen LogP contribution in [0.3, 0.4) is 0 Å². The standard InChI is InChI=1S/C20H35N2O7/c1-2-3-4-5-6-7-14-19(24)17(21(26)27)12-8-9-13-18(22(28)29)20(25)15-10-11-16-23/h8-9,17-20,24-25H,2-7,10-15H2,1H3/b9-8-. The minimum atomic E-state index is -1.24. The molecule has 2 N–H and O–H groups in total. The van der Waals surface area contributed by atoms with Crippen LogP contribution in [0.4, 0.5) is 0 Å². The van der Waals surface area contributed by atoms with Crippen LogP contribution in [0, 0.1) is 20.2 Å². The van der Waals surface area contributed by atoms with Crippen molar-refractivity contribution in [1.29, 1.82) is 0 Å². The van der Waals surface area contributed by atoms with E-state index >= 15 is 0 Å². The molecular weight excluding hydrogens is 380 g/mol. The Kier molecular flexibility index (Phi) is 15.9. The molecule has 0 aromatic carbocycles.